The third kappa shape index (κ3) is 6.01. The van der Waals surface area contributed by atoms with E-state index in [9.17, 15) is 18.4 Å². The molecule has 10 nitrogen and oxygen atoms in total. The smallest absolute Gasteiger partial charge is 0.274 e. The molecule has 40 heavy (non-hydrogen) atoms. The van der Waals surface area contributed by atoms with Crippen LogP contribution in [-0.4, -0.2) is 53.8 Å². The Morgan fingerprint density at radius 3 is 2.48 bits per heavy atom. The molecule has 1 aliphatic heterocycles. The van der Waals surface area contributed by atoms with Crippen LogP contribution in [-0.2, 0) is 17.8 Å². The van der Waals surface area contributed by atoms with Gasteiger partial charge in [0.2, 0.25) is 12.7 Å². The van der Waals surface area contributed by atoms with Crippen molar-refractivity contribution in [1.29, 1.82) is 0 Å². The van der Waals surface area contributed by atoms with E-state index in [1.165, 1.54) is 29.9 Å². The standard InChI is InChI=1S/C28H25F2N5O5/c1-34(21-4-6-22(38-2)7-5-21)28(37)23(11-18-9-19(29)13-20(30)10-18)31-27(36)24-15-35(33-32-24)14-17-3-8-25-26(12-17)40-16-39-25/h3-10,12-13,15,23H,11,14,16H2,1-2H3,(H,31,36). The maximum absolute atomic E-state index is 13.9. The average Bonchev–Trinajstić information content (AvgIpc) is 3.61. The monoisotopic (exact) mass is 549 g/mol. The second-order valence-electron chi connectivity index (χ2n) is 9.09. The van der Waals surface area contributed by atoms with Gasteiger partial charge in [-0.1, -0.05) is 11.3 Å². The number of hydrogen-bond donors (Lipinski definition) is 1. The first kappa shape index (κ1) is 26.6. The molecule has 1 aliphatic rings. The van der Waals surface area contributed by atoms with Crippen molar-refractivity contribution in [3.05, 3.63) is 95.3 Å². The summed E-state index contributed by atoms with van der Waals surface area (Å²) in [6.45, 7) is 0.463. The first-order valence-corrected chi connectivity index (χ1v) is 12.2. The molecule has 1 atom stereocenters. The molecule has 3 aromatic carbocycles. The van der Waals surface area contributed by atoms with Crippen molar-refractivity contribution in [2.75, 3.05) is 25.9 Å². The largest absolute Gasteiger partial charge is 0.497 e. The second-order valence-corrected chi connectivity index (χ2v) is 9.09. The lowest BCUT2D eigenvalue weighted by atomic mass is 10.0. The van der Waals surface area contributed by atoms with Crippen LogP contribution in [0.3, 0.4) is 0 Å². The molecule has 0 radical (unpaired) electrons. The van der Waals surface area contributed by atoms with E-state index < -0.39 is 29.5 Å². The summed E-state index contributed by atoms with van der Waals surface area (Å²) < 4.78 is 45.1. The molecule has 0 fully saturated rings. The minimum atomic E-state index is -1.17. The first-order valence-electron chi connectivity index (χ1n) is 12.2. The van der Waals surface area contributed by atoms with Crippen LogP contribution in [0.25, 0.3) is 0 Å². The molecule has 0 aliphatic carbocycles. The molecular formula is C28H25F2N5O5. The van der Waals surface area contributed by atoms with Crippen molar-refractivity contribution in [3.8, 4) is 17.2 Å². The number of hydrogen-bond acceptors (Lipinski definition) is 7. The SMILES string of the molecule is COc1ccc(N(C)C(=O)C(Cc2cc(F)cc(F)c2)NC(=O)c2cn(Cc3ccc4c(c3)OCO4)nn2)cc1. The summed E-state index contributed by atoms with van der Waals surface area (Å²) in [5, 5.41) is 10.6. The average molecular weight is 550 g/mol. The van der Waals surface area contributed by atoms with Crippen LogP contribution in [0.1, 0.15) is 21.6 Å². The number of benzene rings is 3. The summed E-state index contributed by atoms with van der Waals surface area (Å²) in [5.74, 6) is -0.882. The second kappa shape index (κ2) is 11.4. The van der Waals surface area contributed by atoms with E-state index in [-0.39, 0.29) is 24.5 Å². The van der Waals surface area contributed by atoms with Crippen LogP contribution in [0.15, 0.2) is 66.9 Å². The number of nitrogens with zero attached hydrogens (tertiary/aromatic N) is 4. The maximum atomic E-state index is 13.9. The fourth-order valence-electron chi connectivity index (χ4n) is 4.27. The Morgan fingerprint density at radius 1 is 1.02 bits per heavy atom. The number of rotatable bonds is 9. The third-order valence-corrected chi connectivity index (χ3v) is 6.31. The summed E-state index contributed by atoms with van der Waals surface area (Å²) in [7, 11) is 3.07. The van der Waals surface area contributed by atoms with Gasteiger partial charge in [0.05, 0.1) is 19.9 Å². The van der Waals surface area contributed by atoms with Gasteiger partial charge in [-0.25, -0.2) is 13.5 Å². The number of methoxy groups -OCH3 is 1. The summed E-state index contributed by atoms with van der Waals surface area (Å²) in [6, 6.07) is 14.0. The number of carbonyl (C=O) groups is 2. The number of fused-ring (bicyclic) bond motifs is 1. The summed E-state index contributed by atoms with van der Waals surface area (Å²) in [6.07, 6.45) is 1.28. The van der Waals surface area contributed by atoms with Gasteiger partial charge in [-0.05, 0) is 59.7 Å². The molecular weight excluding hydrogens is 524 g/mol. The van der Waals surface area contributed by atoms with Gasteiger partial charge in [0.25, 0.3) is 5.91 Å². The lowest BCUT2D eigenvalue weighted by Gasteiger charge is -2.25. The minimum Gasteiger partial charge on any atom is -0.497 e. The Kier molecular flexibility index (Phi) is 7.58. The Labute approximate surface area is 228 Å². The number of ether oxygens (including phenoxy) is 3. The highest BCUT2D eigenvalue weighted by Gasteiger charge is 2.27. The molecule has 0 saturated carbocycles. The minimum absolute atomic E-state index is 0.0314. The topological polar surface area (TPSA) is 108 Å². The van der Waals surface area contributed by atoms with E-state index >= 15 is 0 Å². The zero-order valence-corrected chi connectivity index (χ0v) is 21.6. The fourth-order valence-corrected chi connectivity index (χ4v) is 4.27. The number of aromatic nitrogens is 3. The Hall–Kier alpha value is -5.00. The van der Waals surface area contributed by atoms with E-state index in [1.54, 1.807) is 30.3 Å². The van der Waals surface area contributed by atoms with Crippen LogP contribution < -0.4 is 24.4 Å². The molecule has 0 spiro atoms. The Balaban J connectivity index is 1.34. The third-order valence-electron chi connectivity index (χ3n) is 6.31. The number of carbonyl (C=O) groups excluding carboxylic acids is 2. The summed E-state index contributed by atoms with van der Waals surface area (Å²) in [4.78, 5) is 28.0. The molecule has 4 aromatic rings. The van der Waals surface area contributed by atoms with Crippen LogP contribution in [0, 0.1) is 11.6 Å². The van der Waals surface area contributed by atoms with E-state index in [2.05, 4.69) is 15.6 Å². The van der Waals surface area contributed by atoms with Gasteiger partial charge in [0.1, 0.15) is 23.4 Å². The number of likely N-dealkylation sites (N-methyl/N-ethyl adjacent to an activating group) is 1. The predicted octanol–water partition coefficient (Wildman–Crippen LogP) is 3.35. The van der Waals surface area contributed by atoms with Gasteiger partial charge in [0.15, 0.2) is 17.2 Å². The highest BCUT2D eigenvalue weighted by atomic mass is 19.1. The van der Waals surface area contributed by atoms with Crippen molar-refractivity contribution in [1.82, 2.24) is 20.3 Å². The Bertz CT molecular complexity index is 1520. The summed E-state index contributed by atoms with van der Waals surface area (Å²) in [5.41, 5.74) is 1.55. The lowest BCUT2D eigenvalue weighted by molar-refractivity contribution is -0.120. The Morgan fingerprint density at radius 2 is 1.75 bits per heavy atom. The molecule has 0 saturated heterocycles. The van der Waals surface area contributed by atoms with Crippen LogP contribution >= 0.6 is 0 Å². The van der Waals surface area contributed by atoms with Crippen molar-refractivity contribution in [2.45, 2.75) is 19.0 Å². The molecule has 206 valence electrons. The summed E-state index contributed by atoms with van der Waals surface area (Å²) >= 11 is 0. The molecule has 1 N–H and O–H groups in total. The zero-order chi connectivity index (χ0) is 28.2. The molecule has 0 bridgehead atoms. The van der Waals surface area contributed by atoms with Gasteiger partial charge in [-0.3, -0.25) is 9.59 Å². The van der Waals surface area contributed by atoms with E-state index in [1.807, 2.05) is 12.1 Å². The molecule has 2 amide bonds. The first-order chi connectivity index (χ1) is 19.3. The number of halogens is 2. The van der Waals surface area contributed by atoms with Crippen molar-refractivity contribution >= 4 is 17.5 Å². The number of anilines is 1. The quantitative estimate of drug-likeness (QED) is 0.341. The molecule has 5 rings (SSSR count). The number of amides is 2. The van der Waals surface area contributed by atoms with Crippen molar-refractivity contribution in [2.24, 2.45) is 0 Å². The molecule has 1 unspecified atom stereocenters. The van der Waals surface area contributed by atoms with Crippen molar-refractivity contribution in [3.63, 3.8) is 0 Å². The zero-order valence-electron chi connectivity index (χ0n) is 21.6. The highest BCUT2D eigenvalue weighted by Crippen LogP contribution is 2.32. The van der Waals surface area contributed by atoms with Crippen molar-refractivity contribution < 1.29 is 32.6 Å². The molecule has 12 heteroatoms. The highest BCUT2D eigenvalue weighted by molar-refractivity contribution is 6.01. The van der Waals surface area contributed by atoms with E-state index in [4.69, 9.17) is 14.2 Å². The van der Waals surface area contributed by atoms with E-state index in [0.717, 1.165) is 23.8 Å². The molecule has 2 heterocycles. The van der Waals surface area contributed by atoms with Gasteiger partial charge in [-0.2, -0.15) is 0 Å². The normalized spacial score (nSPS) is 12.6. The van der Waals surface area contributed by atoms with E-state index in [0.29, 0.717) is 29.5 Å². The predicted molar refractivity (Wildman–Crippen MR) is 139 cm³/mol. The van der Waals surface area contributed by atoms with Gasteiger partial charge < -0.3 is 24.4 Å². The maximum Gasteiger partial charge on any atom is 0.274 e. The molecule has 1 aromatic heterocycles. The van der Waals surface area contributed by atoms with Crippen LogP contribution in [0.2, 0.25) is 0 Å². The lowest BCUT2D eigenvalue weighted by Crippen LogP contribution is -2.49. The van der Waals surface area contributed by atoms with Crippen LogP contribution in [0.5, 0.6) is 17.2 Å². The van der Waals surface area contributed by atoms with Crippen LogP contribution in [0.4, 0.5) is 14.5 Å². The van der Waals surface area contributed by atoms with Gasteiger partial charge in [0, 0.05) is 25.2 Å². The fraction of sp³-hybridized carbons (Fsp3) is 0.214. The van der Waals surface area contributed by atoms with Gasteiger partial charge >= 0.3 is 0 Å². The van der Waals surface area contributed by atoms with Gasteiger partial charge in [-0.15, -0.1) is 5.10 Å². The number of nitrogens with one attached hydrogen (secondary N) is 1.